The van der Waals surface area contributed by atoms with Crippen molar-refractivity contribution >= 4 is 17.6 Å². The molecule has 1 aromatic rings. The van der Waals surface area contributed by atoms with E-state index in [-0.39, 0.29) is 17.2 Å². The molecule has 0 N–H and O–H groups in total. The Balaban J connectivity index is 1.68. The van der Waals surface area contributed by atoms with Gasteiger partial charge in [-0.2, -0.15) is 0 Å². The lowest BCUT2D eigenvalue weighted by Gasteiger charge is -2.27. The molecule has 3 rings (SSSR count). The molecule has 1 aromatic carbocycles. The van der Waals surface area contributed by atoms with Gasteiger partial charge in [0.25, 0.3) is 5.69 Å². The maximum Gasteiger partial charge on any atom is 0.338 e. The predicted octanol–water partition coefficient (Wildman–Crippen LogP) is 1.53. The monoisotopic (exact) mass is 334 g/mol. The van der Waals surface area contributed by atoms with Gasteiger partial charge in [0.1, 0.15) is 11.6 Å². The van der Waals surface area contributed by atoms with Crippen molar-refractivity contribution in [2.24, 2.45) is 0 Å². The zero-order chi connectivity index (χ0) is 17.3. The minimum Gasteiger partial charge on any atom is -0.468 e. The number of hydrogen-bond acceptors (Lipinski definition) is 7. The third kappa shape index (κ3) is 2.73. The van der Waals surface area contributed by atoms with E-state index < -0.39 is 22.5 Å². The Morgan fingerprint density at radius 3 is 2.67 bits per heavy atom. The lowest BCUT2D eigenvalue weighted by molar-refractivity contribution is -0.384. The maximum atomic E-state index is 12.2. The van der Waals surface area contributed by atoms with Crippen molar-refractivity contribution in [2.45, 2.75) is 30.9 Å². The van der Waals surface area contributed by atoms with Crippen LogP contribution in [0, 0.1) is 10.1 Å². The summed E-state index contributed by atoms with van der Waals surface area (Å²) in [5.74, 6) is -0.829. The summed E-state index contributed by atoms with van der Waals surface area (Å²) in [5, 5.41) is 10.6. The maximum absolute atomic E-state index is 12.2. The molecule has 2 aliphatic heterocycles. The van der Waals surface area contributed by atoms with Gasteiger partial charge in [0.05, 0.1) is 17.6 Å². The quantitative estimate of drug-likeness (QED) is 0.468. The minimum atomic E-state index is -0.685. The SMILES string of the molecule is COC(=O)[C@]12CCCN1C[C@@H](OC(=O)c1ccc([N+](=O)[O-])cc1)C2. The average molecular weight is 334 g/mol. The second kappa shape index (κ2) is 6.20. The minimum absolute atomic E-state index is 0.0855. The van der Waals surface area contributed by atoms with Gasteiger partial charge in [-0.3, -0.25) is 19.8 Å². The topological polar surface area (TPSA) is 99.0 Å². The van der Waals surface area contributed by atoms with Crippen molar-refractivity contribution in [3.05, 3.63) is 39.9 Å². The van der Waals surface area contributed by atoms with Gasteiger partial charge < -0.3 is 9.47 Å². The summed E-state index contributed by atoms with van der Waals surface area (Å²) in [6.07, 6.45) is 1.63. The fourth-order valence-corrected chi connectivity index (χ4v) is 3.64. The molecule has 2 saturated heterocycles. The van der Waals surface area contributed by atoms with Crippen LogP contribution in [0.3, 0.4) is 0 Å². The van der Waals surface area contributed by atoms with Crippen LogP contribution in [0.2, 0.25) is 0 Å². The third-order valence-corrected chi connectivity index (χ3v) is 4.77. The van der Waals surface area contributed by atoms with Crippen molar-refractivity contribution in [1.82, 2.24) is 4.90 Å². The van der Waals surface area contributed by atoms with E-state index in [9.17, 15) is 19.7 Å². The van der Waals surface area contributed by atoms with E-state index in [1.54, 1.807) is 0 Å². The molecule has 2 fully saturated rings. The lowest BCUT2D eigenvalue weighted by Crippen LogP contribution is -2.46. The molecule has 0 spiro atoms. The van der Waals surface area contributed by atoms with Gasteiger partial charge in [0.15, 0.2) is 0 Å². The van der Waals surface area contributed by atoms with E-state index in [1.807, 2.05) is 4.90 Å². The molecule has 2 heterocycles. The van der Waals surface area contributed by atoms with E-state index in [4.69, 9.17) is 9.47 Å². The molecule has 0 aromatic heterocycles. The van der Waals surface area contributed by atoms with Crippen LogP contribution in [0.25, 0.3) is 0 Å². The number of carbonyl (C=O) groups is 2. The van der Waals surface area contributed by atoms with Crippen molar-refractivity contribution in [2.75, 3.05) is 20.2 Å². The summed E-state index contributed by atoms with van der Waals surface area (Å²) < 4.78 is 10.4. The number of esters is 2. The number of nitro groups is 1. The number of ether oxygens (including phenoxy) is 2. The number of nitrogens with zero attached hydrogens (tertiary/aromatic N) is 2. The van der Waals surface area contributed by atoms with Gasteiger partial charge in [-0.25, -0.2) is 4.79 Å². The molecule has 0 radical (unpaired) electrons. The fraction of sp³-hybridized carbons (Fsp3) is 0.500. The Morgan fingerprint density at radius 1 is 1.33 bits per heavy atom. The first-order chi connectivity index (χ1) is 11.5. The van der Waals surface area contributed by atoms with Crippen LogP contribution in [-0.4, -0.2) is 53.6 Å². The molecule has 2 atom stereocenters. The van der Waals surface area contributed by atoms with Gasteiger partial charge in [0.2, 0.25) is 0 Å². The molecule has 0 amide bonds. The van der Waals surface area contributed by atoms with E-state index in [0.29, 0.717) is 19.4 Å². The van der Waals surface area contributed by atoms with Crippen LogP contribution < -0.4 is 0 Å². The number of rotatable bonds is 4. The molecule has 128 valence electrons. The van der Waals surface area contributed by atoms with Crippen LogP contribution in [0.5, 0.6) is 0 Å². The Kier molecular flexibility index (Phi) is 4.23. The van der Waals surface area contributed by atoms with Crippen LogP contribution >= 0.6 is 0 Å². The van der Waals surface area contributed by atoms with Gasteiger partial charge in [-0.1, -0.05) is 0 Å². The summed E-state index contributed by atoms with van der Waals surface area (Å²) in [5.41, 5.74) is -0.521. The van der Waals surface area contributed by atoms with Crippen LogP contribution in [0.15, 0.2) is 24.3 Å². The Morgan fingerprint density at radius 2 is 2.04 bits per heavy atom. The highest BCUT2D eigenvalue weighted by atomic mass is 16.6. The largest absolute Gasteiger partial charge is 0.468 e. The molecular formula is C16H18N2O6. The van der Waals surface area contributed by atoms with E-state index in [1.165, 1.54) is 31.4 Å². The highest BCUT2D eigenvalue weighted by molar-refractivity contribution is 5.90. The van der Waals surface area contributed by atoms with Crippen molar-refractivity contribution in [3.8, 4) is 0 Å². The number of carbonyl (C=O) groups excluding carboxylic acids is 2. The van der Waals surface area contributed by atoms with Crippen LogP contribution in [0.4, 0.5) is 5.69 Å². The molecule has 8 nitrogen and oxygen atoms in total. The number of hydrogen-bond donors (Lipinski definition) is 0. The molecule has 0 aliphatic carbocycles. The number of benzene rings is 1. The molecule has 24 heavy (non-hydrogen) atoms. The second-order valence-corrected chi connectivity index (χ2v) is 6.11. The summed E-state index contributed by atoms with van der Waals surface area (Å²) >= 11 is 0. The van der Waals surface area contributed by atoms with Crippen molar-refractivity contribution in [3.63, 3.8) is 0 Å². The van der Waals surface area contributed by atoms with E-state index >= 15 is 0 Å². The second-order valence-electron chi connectivity index (χ2n) is 6.11. The van der Waals surface area contributed by atoms with Crippen molar-refractivity contribution < 1.29 is 24.0 Å². The molecule has 0 unspecified atom stereocenters. The van der Waals surface area contributed by atoms with Gasteiger partial charge in [-0.05, 0) is 31.5 Å². The molecular weight excluding hydrogens is 316 g/mol. The van der Waals surface area contributed by atoms with E-state index in [0.717, 1.165) is 13.0 Å². The highest BCUT2D eigenvalue weighted by Gasteiger charge is 2.55. The van der Waals surface area contributed by atoms with Gasteiger partial charge >= 0.3 is 11.9 Å². The Labute approximate surface area is 138 Å². The molecule has 8 heteroatoms. The fourth-order valence-electron chi connectivity index (χ4n) is 3.64. The third-order valence-electron chi connectivity index (χ3n) is 4.77. The smallest absolute Gasteiger partial charge is 0.338 e. The molecule has 2 aliphatic rings. The van der Waals surface area contributed by atoms with Crippen LogP contribution in [-0.2, 0) is 14.3 Å². The van der Waals surface area contributed by atoms with Gasteiger partial charge in [-0.15, -0.1) is 0 Å². The predicted molar refractivity (Wildman–Crippen MR) is 82.5 cm³/mol. The van der Waals surface area contributed by atoms with E-state index in [2.05, 4.69) is 0 Å². The van der Waals surface area contributed by atoms with Crippen LogP contribution in [0.1, 0.15) is 29.6 Å². The first-order valence-corrected chi connectivity index (χ1v) is 7.75. The Bertz CT molecular complexity index is 674. The molecule has 0 saturated carbocycles. The Hall–Kier alpha value is -2.48. The average Bonchev–Trinajstić information content (AvgIpc) is 3.11. The first-order valence-electron chi connectivity index (χ1n) is 7.75. The zero-order valence-electron chi connectivity index (χ0n) is 13.3. The van der Waals surface area contributed by atoms with Crippen molar-refractivity contribution in [1.29, 1.82) is 0 Å². The highest BCUT2D eigenvalue weighted by Crippen LogP contribution is 2.41. The summed E-state index contributed by atoms with van der Waals surface area (Å²) in [6, 6.07) is 5.26. The molecule has 0 bridgehead atoms. The number of fused-ring (bicyclic) bond motifs is 1. The number of non-ortho nitro benzene ring substituents is 1. The lowest BCUT2D eigenvalue weighted by atomic mass is 9.93. The zero-order valence-corrected chi connectivity index (χ0v) is 13.3. The first kappa shape index (κ1) is 16.4. The summed E-state index contributed by atoms with van der Waals surface area (Å²) in [6.45, 7) is 1.27. The normalized spacial score (nSPS) is 26.0. The van der Waals surface area contributed by atoms with Gasteiger partial charge in [0, 0.05) is 25.1 Å². The summed E-state index contributed by atoms with van der Waals surface area (Å²) in [7, 11) is 1.36. The summed E-state index contributed by atoms with van der Waals surface area (Å²) in [4.78, 5) is 36.5. The number of nitro benzene ring substituents is 1. The number of methoxy groups -OCH3 is 1. The standard InChI is InChI=1S/C16H18N2O6/c1-23-15(20)16-7-2-8-17(16)10-13(9-16)24-14(19)11-3-5-12(6-4-11)18(21)22/h3-6,13H,2,7-10H2,1H3/t13-,16+/m0/s1.